The Balaban J connectivity index is 1.70. The van der Waals surface area contributed by atoms with Crippen LogP contribution in [-0.4, -0.2) is 48.3 Å². The van der Waals surface area contributed by atoms with Crippen LogP contribution >= 0.6 is 11.8 Å². The molecule has 3 aromatic rings. The summed E-state index contributed by atoms with van der Waals surface area (Å²) in [6.45, 7) is 4.22. The molecule has 1 amide bonds. The zero-order chi connectivity index (χ0) is 22.1. The zero-order valence-corrected chi connectivity index (χ0v) is 18.9. The van der Waals surface area contributed by atoms with Gasteiger partial charge >= 0.3 is 5.69 Å². The Labute approximate surface area is 184 Å². The molecule has 4 rings (SSSR count). The Hall–Kier alpha value is -2.81. The summed E-state index contributed by atoms with van der Waals surface area (Å²) in [7, 11) is 3.08. The summed E-state index contributed by atoms with van der Waals surface area (Å²) >= 11 is 1.32. The molecule has 0 spiro atoms. The van der Waals surface area contributed by atoms with E-state index < -0.39 is 5.69 Å². The van der Waals surface area contributed by atoms with Gasteiger partial charge in [-0.05, 0) is 24.3 Å². The number of aryl methyl sites for hydroxylation is 1. The van der Waals surface area contributed by atoms with Gasteiger partial charge in [0.2, 0.25) is 5.91 Å². The molecule has 0 atom stereocenters. The van der Waals surface area contributed by atoms with Crippen LogP contribution in [0, 0.1) is 5.92 Å². The Morgan fingerprint density at radius 3 is 2.45 bits per heavy atom. The number of carbonyl (C=O) groups is 1. The first-order valence-corrected chi connectivity index (χ1v) is 11.5. The van der Waals surface area contributed by atoms with Gasteiger partial charge in [-0.3, -0.25) is 18.7 Å². The molecule has 1 aliphatic rings. The van der Waals surface area contributed by atoms with Gasteiger partial charge in [0.05, 0.1) is 12.3 Å². The van der Waals surface area contributed by atoms with Crippen molar-refractivity contribution in [1.29, 1.82) is 0 Å². The van der Waals surface area contributed by atoms with Gasteiger partial charge < -0.3 is 9.47 Å². The molecular weight excluding hydrogens is 414 g/mol. The lowest BCUT2D eigenvalue weighted by Gasteiger charge is -2.30. The maximum Gasteiger partial charge on any atom is 0.332 e. The van der Waals surface area contributed by atoms with Crippen molar-refractivity contribution in [3.8, 4) is 0 Å². The summed E-state index contributed by atoms with van der Waals surface area (Å²) in [5.74, 6) is 0.988. The van der Waals surface area contributed by atoms with E-state index in [1.165, 1.54) is 23.4 Å². The number of carbonyl (C=O) groups excluding carboxylic acids is 1. The average Bonchev–Trinajstić information content (AvgIpc) is 3.14. The molecule has 2 aromatic heterocycles. The molecule has 9 heteroatoms. The molecule has 0 unspecified atom stereocenters. The van der Waals surface area contributed by atoms with Crippen molar-refractivity contribution in [2.75, 3.05) is 18.8 Å². The summed E-state index contributed by atoms with van der Waals surface area (Å²) in [4.78, 5) is 44.6. The van der Waals surface area contributed by atoms with Gasteiger partial charge in [0.15, 0.2) is 16.3 Å². The molecule has 164 valence electrons. The molecule has 0 N–H and O–H groups in total. The van der Waals surface area contributed by atoms with Crippen molar-refractivity contribution >= 4 is 28.8 Å². The van der Waals surface area contributed by atoms with E-state index in [4.69, 9.17) is 0 Å². The van der Waals surface area contributed by atoms with Crippen molar-refractivity contribution in [3.05, 3.63) is 56.7 Å². The van der Waals surface area contributed by atoms with E-state index in [2.05, 4.69) is 11.9 Å². The first kappa shape index (κ1) is 21.4. The van der Waals surface area contributed by atoms with Crippen LogP contribution in [0.1, 0.15) is 25.3 Å². The monoisotopic (exact) mass is 441 g/mol. The number of aromatic nitrogens is 4. The van der Waals surface area contributed by atoms with Crippen LogP contribution in [0.5, 0.6) is 0 Å². The predicted octanol–water partition coefficient (Wildman–Crippen LogP) is 1.83. The van der Waals surface area contributed by atoms with E-state index in [1.54, 1.807) is 7.05 Å². The number of fused-ring (bicyclic) bond motifs is 1. The Morgan fingerprint density at radius 1 is 1.10 bits per heavy atom. The normalized spacial score (nSPS) is 15.0. The standard InChI is InChI=1S/C22H27N5O3S/c1-15-9-11-26(12-10-15)17(28)14-31-21-23-19-18(20(29)25(3)22(30)24(19)2)27(21)13-16-7-5-4-6-8-16/h4-8,15H,9-14H2,1-3H3. The number of benzene rings is 1. The molecule has 1 aromatic carbocycles. The van der Waals surface area contributed by atoms with E-state index in [0.29, 0.717) is 28.8 Å². The van der Waals surface area contributed by atoms with Gasteiger partial charge in [-0.15, -0.1) is 0 Å². The van der Waals surface area contributed by atoms with E-state index in [9.17, 15) is 14.4 Å². The van der Waals surface area contributed by atoms with Gasteiger partial charge in [0, 0.05) is 27.2 Å². The van der Waals surface area contributed by atoms with Crippen molar-refractivity contribution in [3.63, 3.8) is 0 Å². The minimum absolute atomic E-state index is 0.0806. The fraction of sp³-hybridized carbons (Fsp3) is 0.455. The van der Waals surface area contributed by atoms with Gasteiger partial charge in [-0.1, -0.05) is 49.0 Å². The summed E-state index contributed by atoms with van der Waals surface area (Å²) in [5.41, 5.74) is 0.915. The van der Waals surface area contributed by atoms with E-state index in [-0.39, 0.29) is 17.2 Å². The van der Waals surface area contributed by atoms with Crippen LogP contribution < -0.4 is 11.2 Å². The van der Waals surface area contributed by atoms with Crippen LogP contribution in [0.25, 0.3) is 11.2 Å². The minimum Gasteiger partial charge on any atom is -0.342 e. The van der Waals surface area contributed by atoms with Crippen LogP contribution in [0.2, 0.25) is 0 Å². The maximum atomic E-state index is 12.9. The van der Waals surface area contributed by atoms with Crippen LogP contribution in [-0.2, 0) is 25.4 Å². The summed E-state index contributed by atoms with van der Waals surface area (Å²) < 4.78 is 4.30. The molecule has 0 saturated carbocycles. The number of likely N-dealkylation sites (tertiary alicyclic amines) is 1. The highest BCUT2D eigenvalue weighted by atomic mass is 32.2. The number of imidazole rings is 1. The molecule has 31 heavy (non-hydrogen) atoms. The first-order valence-electron chi connectivity index (χ1n) is 10.5. The lowest BCUT2D eigenvalue weighted by Crippen LogP contribution is -2.39. The molecule has 8 nitrogen and oxygen atoms in total. The van der Waals surface area contributed by atoms with Crippen molar-refractivity contribution in [1.82, 2.24) is 23.6 Å². The van der Waals surface area contributed by atoms with E-state index in [1.807, 2.05) is 39.8 Å². The largest absolute Gasteiger partial charge is 0.342 e. The molecule has 3 heterocycles. The van der Waals surface area contributed by atoms with Crippen LogP contribution in [0.4, 0.5) is 0 Å². The molecule has 1 fully saturated rings. The Morgan fingerprint density at radius 2 is 1.77 bits per heavy atom. The SMILES string of the molecule is CC1CCN(C(=O)CSc2nc3c(c(=O)n(C)c(=O)n3C)n2Cc2ccccc2)CC1. The number of hydrogen-bond acceptors (Lipinski definition) is 5. The third-order valence-corrected chi connectivity index (χ3v) is 6.92. The molecule has 0 radical (unpaired) electrons. The highest BCUT2D eigenvalue weighted by Gasteiger charge is 2.23. The number of piperidine rings is 1. The third-order valence-electron chi connectivity index (χ3n) is 5.96. The number of rotatable bonds is 5. The van der Waals surface area contributed by atoms with Gasteiger partial charge in [-0.2, -0.15) is 0 Å². The second-order valence-corrected chi connectivity index (χ2v) is 9.14. The van der Waals surface area contributed by atoms with Crippen molar-refractivity contribution in [2.45, 2.75) is 31.5 Å². The molecular formula is C22H27N5O3S. The smallest absolute Gasteiger partial charge is 0.332 e. The van der Waals surface area contributed by atoms with Crippen molar-refractivity contribution in [2.24, 2.45) is 20.0 Å². The van der Waals surface area contributed by atoms with Crippen LogP contribution in [0.15, 0.2) is 45.1 Å². The fourth-order valence-corrected chi connectivity index (χ4v) is 4.82. The Kier molecular flexibility index (Phi) is 6.04. The maximum absolute atomic E-state index is 12.9. The Bertz CT molecular complexity index is 1220. The number of thioether (sulfide) groups is 1. The lowest BCUT2D eigenvalue weighted by molar-refractivity contribution is -0.129. The summed E-state index contributed by atoms with van der Waals surface area (Å²) in [6.07, 6.45) is 2.06. The topological polar surface area (TPSA) is 82.1 Å². The van der Waals surface area contributed by atoms with Gasteiger partial charge in [0.25, 0.3) is 5.56 Å². The third kappa shape index (κ3) is 4.19. The fourth-order valence-electron chi connectivity index (χ4n) is 3.92. The number of hydrogen-bond donors (Lipinski definition) is 0. The molecule has 0 bridgehead atoms. The number of amides is 1. The van der Waals surface area contributed by atoms with Gasteiger partial charge in [-0.25, -0.2) is 9.78 Å². The van der Waals surface area contributed by atoms with Gasteiger partial charge in [0.1, 0.15) is 0 Å². The predicted molar refractivity (Wildman–Crippen MR) is 121 cm³/mol. The van der Waals surface area contributed by atoms with E-state index in [0.717, 1.165) is 36.1 Å². The van der Waals surface area contributed by atoms with Crippen molar-refractivity contribution < 1.29 is 4.79 Å². The first-order chi connectivity index (χ1) is 14.9. The minimum atomic E-state index is -0.420. The number of nitrogens with zero attached hydrogens (tertiary/aromatic N) is 5. The molecule has 1 saturated heterocycles. The molecule has 0 aliphatic carbocycles. The summed E-state index contributed by atoms with van der Waals surface area (Å²) in [6, 6.07) is 9.78. The average molecular weight is 442 g/mol. The second kappa shape index (κ2) is 8.74. The lowest BCUT2D eigenvalue weighted by atomic mass is 9.99. The highest BCUT2D eigenvalue weighted by molar-refractivity contribution is 7.99. The zero-order valence-electron chi connectivity index (χ0n) is 18.1. The molecule has 1 aliphatic heterocycles. The second-order valence-electron chi connectivity index (χ2n) is 8.20. The summed E-state index contributed by atoms with van der Waals surface area (Å²) in [5, 5.41) is 0.566. The van der Waals surface area contributed by atoms with Crippen LogP contribution in [0.3, 0.4) is 0 Å². The quantitative estimate of drug-likeness (QED) is 0.564. The van der Waals surface area contributed by atoms with E-state index >= 15 is 0 Å². The highest BCUT2D eigenvalue weighted by Crippen LogP contribution is 2.24.